The largest absolute Gasteiger partial charge is 0.434 e. The van der Waals surface area contributed by atoms with Crippen molar-refractivity contribution in [3.63, 3.8) is 0 Å². The van der Waals surface area contributed by atoms with Crippen LogP contribution in [0.3, 0.4) is 0 Å². The Morgan fingerprint density at radius 1 is 1.10 bits per heavy atom. The van der Waals surface area contributed by atoms with E-state index in [9.17, 15) is 13.2 Å². The highest BCUT2D eigenvalue weighted by Gasteiger charge is 2.16. The summed E-state index contributed by atoms with van der Waals surface area (Å²) in [6, 6.07) is 10.6. The van der Waals surface area contributed by atoms with E-state index in [2.05, 4.69) is 26.0 Å². The average Bonchev–Trinajstić information content (AvgIpc) is 2.43. The number of benzene rings is 2. The molecule has 1 N–H and O–H groups in total. The van der Waals surface area contributed by atoms with Gasteiger partial charge in [-0.1, -0.05) is 24.3 Å². The van der Waals surface area contributed by atoms with E-state index in [-0.39, 0.29) is 11.4 Å². The zero-order valence-corrected chi connectivity index (χ0v) is 12.7. The minimum atomic E-state index is -2.90. The van der Waals surface area contributed by atoms with Crippen LogP contribution in [0.25, 0.3) is 0 Å². The molecule has 0 saturated carbocycles. The molecule has 0 spiro atoms. The number of rotatable bonds is 5. The third-order valence-electron chi connectivity index (χ3n) is 2.93. The van der Waals surface area contributed by atoms with Crippen molar-refractivity contribution in [3.8, 4) is 5.75 Å². The maximum Gasteiger partial charge on any atom is 0.387 e. The second-order valence-electron chi connectivity index (χ2n) is 4.38. The highest BCUT2D eigenvalue weighted by Crippen LogP contribution is 2.32. The molecule has 2 aromatic carbocycles. The van der Waals surface area contributed by atoms with Gasteiger partial charge in [0.15, 0.2) is 0 Å². The van der Waals surface area contributed by atoms with Gasteiger partial charge in [-0.05, 0) is 41.1 Å². The second kappa shape index (κ2) is 6.85. The van der Waals surface area contributed by atoms with Crippen molar-refractivity contribution in [1.82, 2.24) is 0 Å². The van der Waals surface area contributed by atoms with E-state index in [1.54, 1.807) is 37.3 Å². The van der Waals surface area contributed by atoms with Crippen LogP contribution in [0.5, 0.6) is 5.75 Å². The quantitative estimate of drug-likeness (QED) is 0.775. The zero-order chi connectivity index (χ0) is 15.4. The van der Waals surface area contributed by atoms with E-state index in [1.807, 2.05) is 0 Å². The Kier molecular flexibility index (Phi) is 5.12. The Morgan fingerprint density at radius 3 is 2.48 bits per heavy atom. The van der Waals surface area contributed by atoms with Crippen LogP contribution in [0.2, 0.25) is 0 Å². The zero-order valence-electron chi connectivity index (χ0n) is 11.1. The molecule has 0 heterocycles. The lowest BCUT2D eigenvalue weighted by atomic mass is 10.1. The summed E-state index contributed by atoms with van der Waals surface area (Å²) in [5.41, 5.74) is 0.796. The fourth-order valence-electron chi connectivity index (χ4n) is 1.97. The fourth-order valence-corrected chi connectivity index (χ4v) is 2.43. The predicted molar refractivity (Wildman–Crippen MR) is 79.2 cm³/mol. The van der Waals surface area contributed by atoms with Crippen molar-refractivity contribution >= 4 is 21.6 Å². The molecular formula is C15H13BrF3NO. The molecule has 21 heavy (non-hydrogen) atoms. The maximum absolute atomic E-state index is 13.8. The lowest BCUT2D eigenvalue weighted by Crippen LogP contribution is -2.12. The van der Waals surface area contributed by atoms with Gasteiger partial charge in [-0.3, -0.25) is 0 Å². The Labute approximate surface area is 129 Å². The lowest BCUT2D eigenvalue weighted by Gasteiger charge is -2.20. The molecule has 2 nitrogen and oxygen atoms in total. The van der Waals surface area contributed by atoms with E-state index in [0.717, 1.165) is 0 Å². The SMILES string of the molecule is CC(Nc1c(F)cccc1Br)c1ccccc1OC(F)F. The molecule has 2 rings (SSSR count). The summed E-state index contributed by atoms with van der Waals surface area (Å²) in [4.78, 5) is 0. The number of hydrogen-bond acceptors (Lipinski definition) is 2. The monoisotopic (exact) mass is 359 g/mol. The molecule has 0 aromatic heterocycles. The molecule has 112 valence electrons. The topological polar surface area (TPSA) is 21.3 Å². The summed E-state index contributed by atoms with van der Waals surface area (Å²) in [6.07, 6.45) is 0. The Hall–Kier alpha value is -1.69. The van der Waals surface area contributed by atoms with Crippen molar-refractivity contribution < 1.29 is 17.9 Å². The molecule has 0 fully saturated rings. The van der Waals surface area contributed by atoms with Gasteiger partial charge < -0.3 is 10.1 Å². The number of nitrogens with one attached hydrogen (secondary N) is 1. The Bertz CT molecular complexity index is 601. The van der Waals surface area contributed by atoms with Gasteiger partial charge in [-0.2, -0.15) is 8.78 Å². The van der Waals surface area contributed by atoms with Gasteiger partial charge in [-0.25, -0.2) is 4.39 Å². The second-order valence-corrected chi connectivity index (χ2v) is 5.23. The van der Waals surface area contributed by atoms with Crippen LogP contribution in [0.15, 0.2) is 46.9 Å². The van der Waals surface area contributed by atoms with Gasteiger partial charge in [-0.15, -0.1) is 0 Å². The lowest BCUT2D eigenvalue weighted by molar-refractivity contribution is -0.0505. The van der Waals surface area contributed by atoms with Crippen molar-refractivity contribution in [2.24, 2.45) is 0 Å². The van der Waals surface area contributed by atoms with Crippen LogP contribution in [0, 0.1) is 5.82 Å². The molecular weight excluding hydrogens is 347 g/mol. The van der Waals surface area contributed by atoms with Crippen LogP contribution in [-0.2, 0) is 0 Å². The molecule has 0 radical (unpaired) electrons. The highest BCUT2D eigenvalue weighted by atomic mass is 79.9. The van der Waals surface area contributed by atoms with Gasteiger partial charge in [0.2, 0.25) is 0 Å². The van der Waals surface area contributed by atoms with Crippen LogP contribution >= 0.6 is 15.9 Å². The minimum absolute atomic E-state index is 0.0694. The molecule has 0 amide bonds. The highest BCUT2D eigenvalue weighted by molar-refractivity contribution is 9.10. The molecule has 1 atom stereocenters. The van der Waals surface area contributed by atoms with E-state index in [0.29, 0.717) is 10.0 Å². The minimum Gasteiger partial charge on any atom is -0.434 e. The summed E-state index contributed by atoms with van der Waals surface area (Å²) in [7, 11) is 0. The predicted octanol–water partition coefficient (Wildman–Crippen LogP) is 5.36. The van der Waals surface area contributed by atoms with Crippen LogP contribution in [0.1, 0.15) is 18.5 Å². The van der Waals surface area contributed by atoms with Crippen LogP contribution in [0.4, 0.5) is 18.9 Å². The third kappa shape index (κ3) is 3.91. The van der Waals surface area contributed by atoms with Gasteiger partial charge in [0.05, 0.1) is 11.7 Å². The molecule has 0 aliphatic carbocycles. The van der Waals surface area contributed by atoms with Gasteiger partial charge in [0.1, 0.15) is 11.6 Å². The molecule has 6 heteroatoms. The number of ether oxygens (including phenoxy) is 1. The Morgan fingerprint density at radius 2 is 1.81 bits per heavy atom. The molecule has 0 aliphatic heterocycles. The average molecular weight is 360 g/mol. The van der Waals surface area contributed by atoms with Crippen LogP contribution < -0.4 is 10.1 Å². The van der Waals surface area contributed by atoms with E-state index in [4.69, 9.17) is 0 Å². The summed E-state index contributed by atoms with van der Waals surface area (Å²) in [5, 5.41) is 2.96. The summed E-state index contributed by atoms with van der Waals surface area (Å²) in [5.74, 6) is -0.358. The first-order valence-corrected chi connectivity index (χ1v) is 7.02. The molecule has 0 saturated heterocycles. The van der Waals surface area contributed by atoms with Crippen molar-refractivity contribution in [2.45, 2.75) is 19.6 Å². The number of hydrogen-bond donors (Lipinski definition) is 1. The first-order chi connectivity index (χ1) is 9.99. The first kappa shape index (κ1) is 15.7. The Balaban J connectivity index is 2.26. The number of para-hydroxylation sites is 2. The van der Waals surface area contributed by atoms with Crippen molar-refractivity contribution in [3.05, 3.63) is 58.3 Å². The number of halogens is 4. The van der Waals surface area contributed by atoms with Crippen molar-refractivity contribution in [1.29, 1.82) is 0 Å². The molecule has 1 unspecified atom stereocenters. The molecule has 0 aliphatic rings. The third-order valence-corrected chi connectivity index (χ3v) is 3.59. The smallest absolute Gasteiger partial charge is 0.387 e. The van der Waals surface area contributed by atoms with E-state index >= 15 is 0 Å². The first-order valence-electron chi connectivity index (χ1n) is 6.23. The van der Waals surface area contributed by atoms with Gasteiger partial charge >= 0.3 is 6.61 Å². The van der Waals surface area contributed by atoms with Gasteiger partial charge in [0.25, 0.3) is 0 Å². The fraction of sp³-hybridized carbons (Fsp3) is 0.200. The normalized spacial score (nSPS) is 12.3. The number of anilines is 1. The van der Waals surface area contributed by atoms with Crippen molar-refractivity contribution in [2.75, 3.05) is 5.32 Å². The maximum atomic E-state index is 13.8. The van der Waals surface area contributed by atoms with E-state index in [1.165, 1.54) is 12.1 Å². The summed E-state index contributed by atoms with van der Waals surface area (Å²) < 4.78 is 43.7. The molecule has 0 bridgehead atoms. The molecule has 2 aromatic rings. The van der Waals surface area contributed by atoms with E-state index < -0.39 is 18.5 Å². The van der Waals surface area contributed by atoms with Crippen LogP contribution in [-0.4, -0.2) is 6.61 Å². The summed E-state index contributed by atoms with van der Waals surface area (Å²) in [6.45, 7) is -1.16. The standard InChI is InChI=1S/C15H13BrF3NO/c1-9(20-14-11(16)6-4-7-12(14)17)10-5-2-3-8-13(10)21-15(18)19/h2-9,15,20H,1H3. The number of alkyl halides is 2. The summed E-state index contributed by atoms with van der Waals surface area (Å²) >= 11 is 3.25. The van der Waals surface area contributed by atoms with Gasteiger partial charge in [0, 0.05) is 10.0 Å².